The lowest BCUT2D eigenvalue weighted by Gasteiger charge is -2.06. The second-order valence-corrected chi connectivity index (χ2v) is 4.20. The number of nitrogens with zero attached hydrogens (tertiary/aromatic N) is 2. The van der Waals surface area contributed by atoms with Crippen molar-refractivity contribution < 1.29 is 4.74 Å². The number of aromatic nitrogens is 2. The van der Waals surface area contributed by atoms with Crippen molar-refractivity contribution in [2.75, 3.05) is 5.73 Å². The van der Waals surface area contributed by atoms with Crippen molar-refractivity contribution in [1.29, 1.82) is 0 Å². The van der Waals surface area contributed by atoms with Crippen LogP contribution in [0.3, 0.4) is 0 Å². The maximum atomic E-state index is 5.67. The van der Waals surface area contributed by atoms with Crippen LogP contribution in [-0.2, 0) is 6.61 Å². The lowest BCUT2D eigenvalue weighted by molar-refractivity contribution is 0.296. The van der Waals surface area contributed by atoms with Gasteiger partial charge in [-0.25, -0.2) is 9.97 Å². The topological polar surface area (TPSA) is 61.0 Å². The SMILES string of the molecule is Nc1ccnc(COc2ccc3ccccc3c2)n1. The van der Waals surface area contributed by atoms with Crippen LogP contribution in [0, 0.1) is 0 Å². The van der Waals surface area contributed by atoms with Gasteiger partial charge in [-0.3, -0.25) is 0 Å². The highest BCUT2D eigenvalue weighted by Gasteiger charge is 2.00. The molecule has 1 aromatic heterocycles. The molecule has 3 aromatic rings. The van der Waals surface area contributed by atoms with Crippen molar-refractivity contribution in [3.8, 4) is 5.75 Å². The van der Waals surface area contributed by atoms with Gasteiger partial charge in [0.2, 0.25) is 0 Å². The summed E-state index contributed by atoms with van der Waals surface area (Å²) in [6.07, 6.45) is 1.63. The van der Waals surface area contributed by atoms with Crippen LogP contribution >= 0.6 is 0 Å². The van der Waals surface area contributed by atoms with Crippen molar-refractivity contribution in [3.05, 3.63) is 60.6 Å². The molecule has 0 aliphatic rings. The second-order valence-electron chi connectivity index (χ2n) is 4.20. The maximum Gasteiger partial charge on any atom is 0.168 e. The summed E-state index contributed by atoms with van der Waals surface area (Å²) >= 11 is 0. The standard InChI is InChI=1S/C15H13N3O/c16-14-7-8-17-15(18-14)10-19-13-6-5-11-3-1-2-4-12(11)9-13/h1-9H,10H2,(H2,16,17,18). The Morgan fingerprint density at radius 3 is 2.68 bits per heavy atom. The van der Waals surface area contributed by atoms with Gasteiger partial charge in [0.15, 0.2) is 5.82 Å². The molecule has 0 aliphatic carbocycles. The van der Waals surface area contributed by atoms with Gasteiger partial charge in [-0.2, -0.15) is 0 Å². The van der Waals surface area contributed by atoms with Gasteiger partial charge in [0, 0.05) is 6.20 Å². The Morgan fingerprint density at radius 2 is 1.84 bits per heavy atom. The molecule has 3 rings (SSSR count). The lowest BCUT2D eigenvalue weighted by Crippen LogP contribution is -2.03. The molecule has 4 heteroatoms. The number of ether oxygens (including phenoxy) is 1. The summed E-state index contributed by atoms with van der Waals surface area (Å²) in [6, 6.07) is 15.8. The molecule has 2 aromatic carbocycles. The van der Waals surface area contributed by atoms with Gasteiger partial charge in [0.1, 0.15) is 18.2 Å². The fourth-order valence-electron chi connectivity index (χ4n) is 1.89. The van der Waals surface area contributed by atoms with Gasteiger partial charge in [-0.1, -0.05) is 30.3 Å². The summed E-state index contributed by atoms with van der Waals surface area (Å²) in [5.41, 5.74) is 5.60. The van der Waals surface area contributed by atoms with Gasteiger partial charge < -0.3 is 10.5 Å². The quantitative estimate of drug-likeness (QED) is 0.777. The van der Waals surface area contributed by atoms with E-state index in [4.69, 9.17) is 10.5 Å². The smallest absolute Gasteiger partial charge is 0.168 e. The molecular formula is C15H13N3O. The number of nitrogen functional groups attached to an aromatic ring is 1. The van der Waals surface area contributed by atoms with Gasteiger partial charge in [-0.15, -0.1) is 0 Å². The summed E-state index contributed by atoms with van der Waals surface area (Å²) in [4.78, 5) is 8.19. The van der Waals surface area contributed by atoms with Crippen LogP contribution < -0.4 is 10.5 Å². The largest absolute Gasteiger partial charge is 0.486 e. The summed E-state index contributed by atoms with van der Waals surface area (Å²) in [7, 11) is 0. The third-order valence-electron chi connectivity index (χ3n) is 2.82. The van der Waals surface area contributed by atoms with Crippen molar-refractivity contribution in [2.24, 2.45) is 0 Å². The maximum absolute atomic E-state index is 5.67. The van der Waals surface area contributed by atoms with E-state index in [0.717, 1.165) is 11.1 Å². The number of nitrogens with two attached hydrogens (primary N) is 1. The van der Waals surface area contributed by atoms with E-state index < -0.39 is 0 Å². The number of hydrogen-bond donors (Lipinski definition) is 1. The molecule has 0 bridgehead atoms. The molecule has 1 heterocycles. The Kier molecular flexibility index (Phi) is 2.98. The van der Waals surface area contributed by atoms with E-state index in [-0.39, 0.29) is 0 Å². The van der Waals surface area contributed by atoms with Crippen molar-refractivity contribution in [1.82, 2.24) is 9.97 Å². The molecule has 0 saturated carbocycles. The van der Waals surface area contributed by atoms with Crippen molar-refractivity contribution in [2.45, 2.75) is 6.61 Å². The first-order valence-corrected chi connectivity index (χ1v) is 6.00. The minimum absolute atomic E-state index is 0.309. The van der Waals surface area contributed by atoms with E-state index in [9.17, 15) is 0 Å². The van der Waals surface area contributed by atoms with E-state index in [0.29, 0.717) is 18.2 Å². The normalized spacial score (nSPS) is 10.5. The van der Waals surface area contributed by atoms with E-state index >= 15 is 0 Å². The molecule has 0 radical (unpaired) electrons. The van der Waals surface area contributed by atoms with Crippen molar-refractivity contribution >= 4 is 16.6 Å². The molecule has 0 aliphatic heterocycles. The molecule has 0 spiro atoms. The van der Waals surface area contributed by atoms with Crippen LogP contribution in [0.25, 0.3) is 10.8 Å². The molecule has 94 valence electrons. The van der Waals surface area contributed by atoms with E-state index in [1.54, 1.807) is 12.3 Å². The van der Waals surface area contributed by atoms with Crippen LogP contribution in [0.4, 0.5) is 5.82 Å². The minimum Gasteiger partial charge on any atom is -0.486 e. The average molecular weight is 251 g/mol. The fraction of sp³-hybridized carbons (Fsp3) is 0.0667. The first kappa shape index (κ1) is 11.5. The summed E-state index contributed by atoms with van der Waals surface area (Å²) in [5, 5.41) is 2.34. The van der Waals surface area contributed by atoms with E-state index in [1.165, 1.54) is 5.39 Å². The monoisotopic (exact) mass is 251 g/mol. The van der Waals surface area contributed by atoms with Crippen LogP contribution in [-0.4, -0.2) is 9.97 Å². The van der Waals surface area contributed by atoms with Gasteiger partial charge in [0.05, 0.1) is 0 Å². The van der Waals surface area contributed by atoms with Gasteiger partial charge in [0.25, 0.3) is 0 Å². The Bertz CT molecular complexity index is 712. The van der Waals surface area contributed by atoms with E-state index in [2.05, 4.69) is 22.1 Å². The van der Waals surface area contributed by atoms with E-state index in [1.807, 2.05) is 30.3 Å². The van der Waals surface area contributed by atoms with Crippen LogP contribution in [0.2, 0.25) is 0 Å². The van der Waals surface area contributed by atoms with Crippen molar-refractivity contribution in [3.63, 3.8) is 0 Å². The lowest BCUT2D eigenvalue weighted by atomic mass is 10.1. The number of hydrogen-bond acceptors (Lipinski definition) is 4. The predicted molar refractivity (Wildman–Crippen MR) is 74.7 cm³/mol. The first-order valence-electron chi connectivity index (χ1n) is 6.00. The zero-order valence-electron chi connectivity index (χ0n) is 10.3. The summed E-state index contributed by atoms with van der Waals surface area (Å²) in [6.45, 7) is 0.309. The highest BCUT2D eigenvalue weighted by Crippen LogP contribution is 2.21. The molecule has 0 atom stereocenters. The van der Waals surface area contributed by atoms with Crippen LogP contribution in [0.15, 0.2) is 54.7 Å². The predicted octanol–water partition coefficient (Wildman–Crippen LogP) is 2.79. The Morgan fingerprint density at radius 1 is 1.00 bits per heavy atom. The Balaban J connectivity index is 1.78. The average Bonchev–Trinajstić information content (AvgIpc) is 2.45. The minimum atomic E-state index is 0.309. The summed E-state index contributed by atoms with van der Waals surface area (Å²) < 4.78 is 5.67. The Labute approximate surface area is 110 Å². The zero-order valence-corrected chi connectivity index (χ0v) is 10.3. The third kappa shape index (κ3) is 2.63. The molecule has 0 amide bonds. The Hall–Kier alpha value is -2.62. The van der Waals surface area contributed by atoms with Gasteiger partial charge in [-0.05, 0) is 29.0 Å². The molecule has 2 N–H and O–H groups in total. The zero-order chi connectivity index (χ0) is 13.1. The second kappa shape index (κ2) is 4.94. The number of anilines is 1. The highest BCUT2D eigenvalue weighted by atomic mass is 16.5. The summed E-state index contributed by atoms with van der Waals surface area (Å²) in [5.74, 6) is 1.82. The molecule has 19 heavy (non-hydrogen) atoms. The van der Waals surface area contributed by atoms with Gasteiger partial charge >= 0.3 is 0 Å². The number of rotatable bonds is 3. The number of benzene rings is 2. The van der Waals surface area contributed by atoms with Crippen LogP contribution in [0.5, 0.6) is 5.75 Å². The third-order valence-corrected chi connectivity index (χ3v) is 2.82. The number of fused-ring (bicyclic) bond motifs is 1. The highest BCUT2D eigenvalue weighted by molar-refractivity contribution is 5.83. The molecule has 0 unspecified atom stereocenters. The first-order chi connectivity index (χ1) is 9.31. The molecule has 4 nitrogen and oxygen atoms in total. The van der Waals surface area contributed by atoms with Crippen LogP contribution in [0.1, 0.15) is 5.82 Å². The fourth-order valence-corrected chi connectivity index (χ4v) is 1.89. The molecule has 0 saturated heterocycles. The molecular weight excluding hydrogens is 238 g/mol. The molecule has 0 fully saturated rings.